The topological polar surface area (TPSA) is 170 Å². The molecular formula is C34H50N4O8. The van der Waals surface area contributed by atoms with E-state index in [1.165, 1.54) is 26.6 Å². The van der Waals surface area contributed by atoms with Crippen molar-refractivity contribution < 1.29 is 39.2 Å². The Kier molecular flexibility index (Phi) is 18.1. The van der Waals surface area contributed by atoms with Gasteiger partial charge in [0, 0.05) is 39.7 Å². The van der Waals surface area contributed by atoms with Gasteiger partial charge in [-0.1, -0.05) is 72.9 Å². The van der Waals surface area contributed by atoms with Crippen LogP contribution in [0.4, 0.5) is 0 Å². The Labute approximate surface area is 272 Å². The second kappa shape index (κ2) is 20.8. The first kappa shape index (κ1) is 39.9. The van der Waals surface area contributed by atoms with Crippen molar-refractivity contribution in [2.45, 2.75) is 58.2 Å². The fourth-order valence-electron chi connectivity index (χ4n) is 4.02. The predicted octanol–water partition coefficient (Wildman–Crippen LogP) is 1.88. The highest BCUT2D eigenvalue weighted by molar-refractivity contribution is 5.94. The number of rotatable bonds is 19. The van der Waals surface area contributed by atoms with Gasteiger partial charge in [0.1, 0.15) is 12.7 Å². The monoisotopic (exact) mass is 642 g/mol. The van der Waals surface area contributed by atoms with Crippen molar-refractivity contribution in [3.63, 3.8) is 0 Å². The zero-order valence-electron chi connectivity index (χ0n) is 27.6. The molecule has 0 aromatic heterocycles. The molecule has 4 unspecified atom stereocenters. The molecule has 1 heterocycles. The van der Waals surface area contributed by atoms with Crippen LogP contribution in [0, 0.1) is 5.41 Å². The van der Waals surface area contributed by atoms with E-state index in [-0.39, 0.29) is 31.2 Å². The van der Waals surface area contributed by atoms with Crippen molar-refractivity contribution in [2.24, 2.45) is 10.4 Å². The van der Waals surface area contributed by atoms with Gasteiger partial charge in [0.25, 0.3) is 5.91 Å². The molecule has 5 N–H and O–H groups in total. The molecule has 4 atom stereocenters. The maximum Gasteiger partial charge on any atom is 0.278 e. The van der Waals surface area contributed by atoms with Crippen LogP contribution < -0.4 is 10.6 Å². The number of carbonyl (C=O) groups excluding carboxylic acids is 3. The number of methoxy groups -OCH3 is 1. The van der Waals surface area contributed by atoms with Gasteiger partial charge in [0.2, 0.25) is 17.5 Å². The number of aliphatic hydroxyl groups is 3. The molecule has 0 radical (unpaired) electrons. The standard InChI is InChI=1S/C34H50N4O8/c1-26(18-14-11-12-15-19-28-22-35-25-46-28)30(41)33(3,4)31(42)36-21-17-13-9-7-8-10-16-20-29(40)37-34(44,24-39)32(43)38(5)23-27(2)45-6/h7-18,20,25,27-28,30,39,41,44H,19,21-24H2,1-6H3,(H,36,42)(H,37,40)/b9-7+,10-8+,14-11-,15-12+,17-13-,20-16+,26-18-. The number of hydrogen-bond donors (Lipinski definition) is 5. The maximum atomic E-state index is 12.7. The lowest BCUT2D eigenvalue weighted by Gasteiger charge is -2.31. The van der Waals surface area contributed by atoms with E-state index in [0.29, 0.717) is 12.1 Å². The summed E-state index contributed by atoms with van der Waals surface area (Å²) in [6.45, 7) is 6.97. The molecule has 46 heavy (non-hydrogen) atoms. The van der Waals surface area contributed by atoms with Crippen molar-refractivity contribution in [1.29, 1.82) is 0 Å². The van der Waals surface area contributed by atoms with Gasteiger partial charge in [-0.25, -0.2) is 0 Å². The number of hydrogen-bond acceptors (Lipinski definition) is 9. The summed E-state index contributed by atoms with van der Waals surface area (Å²) in [5, 5.41) is 35.6. The third kappa shape index (κ3) is 14.3. The Balaban J connectivity index is 2.47. The summed E-state index contributed by atoms with van der Waals surface area (Å²) in [5.41, 5.74) is -2.85. The second-order valence-electron chi connectivity index (χ2n) is 11.3. The van der Waals surface area contributed by atoms with Gasteiger partial charge >= 0.3 is 0 Å². The van der Waals surface area contributed by atoms with Crippen LogP contribution in [0.25, 0.3) is 0 Å². The third-order valence-corrected chi connectivity index (χ3v) is 6.97. The lowest BCUT2D eigenvalue weighted by molar-refractivity contribution is -0.163. The van der Waals surface area contributed by atoms with Crippen molar-refractivity contribution in [3.8, 4) is 0 Å². The SMILES string of the molecule is COC(C)CN(C)C(=O)C(O)(CO)NC(=O)/C=C/C=C/C=C/C=C\CNC(=O)C(C)(C)C(O)\C(C)=C/C=C\C=C\CC1CN=CO1. The number of nitrogens with zero attached hydrogens (tertiary/aromatic N) is 2. The summed E-state index contributed by atoms with van der Waals surface area (Å²) in [5.74, 6) is -1.94. The fourth-order valence-corrected chi connectivity index (χ4v) is 4.02. The number of amides is 3. The number of likely N-dealkylation sites (N-methyl/N-ethyl adjacent to an activating group) is 1. The molecule has 0 saturated carbocycles. The van der Waals surface area contributed by atoms with E-state index in [1.54, 1.807) is 70.2 Å². The normalized spacial score (nSPS) is 18.6. The number of aliphatic hydroxyl groups excluding tert-OH is 2. The summed E-state index contributed by atoms with van der Waals surface area (Å²) in [4.78, 5) is 42.6. The minimum atomic E-state index is -2.47. The molecule has 12 nitrogen and oxygen atoms in total. The summed E-state index contributed by atoms with van der Waals surface area (Å²) in [7, 11) is 2.91. The molecule has 0 aliphatic carbocycles. The Bertz CT molecular complexity index is 1220. The van der Waals surface area contributed by atoms with Gasteiger partial charge < -0.3 is 40.3 Å². The van der Waals surface area contributed by atoms with Crippen LogP contribution >= 0.6 is 0 Å². The first-order valence-electron chi connectivity index (χ1n) is 15.0. The second-order valence-corrected chi connectivity index (χ2v) is 11.3. The van der Waals surface area contributed by atoms with Gasteiger partial charge in [-0.05, 0) is 33.3 Å². The largest absolute Gasteiger partial charge is 0.478 e. The molecule has 3 amide bonds. The van der Waals surface area contributed by atoms with Crippen LogP contribution in [-0.2, 0) is 23.9 Å². The van der Waals surface area contributed by atoms with Gasteiger partial charge in [0.05, 0.1) is 24.2 Å². The van der Waals surface area contributed by atoms with Crippen molar-refractivity contribution in [2.75, 3.05) is 40.4 Å². The molecule has 254 valence electrons. The predicted molar refractivity (Wildman–Crippen MR) is 179 cm³/mol. The third-order valence-electron chi connectivity index (χ3n) is 6.97. The van der Waals surface area contributed by atoms with E-state index in [0.717, 1.165) is 17.4 Å². The summed E-state index contributed by atoms with van der Waals surface area (Å²) in [6, 6.07) is 0. The molecule has 12 heteroatoms. The van der Waals surface area contributed by atoms with Crippen molar-refractivity contribution in [1.82, 2.24) is 15.5 Å². The Morgan fingerprint density at radius 3 is 2.35 bits per heavy atom. The molecule has 1 aliphatic rings. The Morgan fingerprint density at radius 1 is 1.09 bits per heavy atom. The quantitative estimate of drug-likeness (QED) is 0.0808. The van der Waals surface area contributed by atoms with E-state index >= 15 is 0 Å². The van der Waals surface area contributed by atoms with Crippen LogP contribution in [0.5, 0.6) is 0 Å². The first-order chi connectivity index (χ1) is 21.8. The zero-order valence-corrected chi connectivity index (χ0v) is 27.6. The van der Waals surface area contributed by atoms with Gasteiger partial charge in [0.15, 0.2) is 6.40 Å². The number of allylic oxidation sites excluding steroid dienone is 10. The highest BCUT2D eigenvalue weighted by Crippen LogP contribution is 2.26. The summed E-state index contributed by atoms with van der Waals surface area (Å²) >= 11 is 0. The molecule has 0 spiro atoms. The van der Waals surface area contributed by atoms with E-state index in [4.69, 9.17) is 9.47 Å². The number of nitrogens with one attached hydrogen (secondary N) is 2. The highest BCUT2D eigenvalue weighted by Gasteiger charge is 2.39. The van der Waals surface area contributed by atoms with Crippen LogP contribution in [0.2, 0.25) is 0 Å². The van der Waals surface area contributed by atoms with E-state index in [1.807, 2.05) is 24.3 Å². The fraction of sp³-hybridized carbons (Fsp3) is 0.471. The van der Waals surface area contributed by atoms with Crippen LogP contribution in [0.15, 0.2) is 89.6 Å². The zero-order chi connectivity index (χ0) is 34.6. The van der Waals surface area contributed by atoms with Crippen LogP contribution in [0.3, 0.4) is 0 Å². The maximum absolute atomic E-state index is 12.7. The molecule has 0 aromatic carbocycles. The van der Waals surface area contributed by atoms with E-state index in [2.05, 4.69) is 15.6 Å². The van der Waals surface area contributed by atoms with Crippen LogP contribution in [0.1, 0.15) is 34.1 Å². The Morgan fingerprint density at radius 2 is 1.72 bits per heavy atom. The molecule has 1 rings (SSSR count). The molecule has 0 fully saturated rings. The number of ether oxygens (including phenoxy) is 2. The van der Waals surface area contributed by atoms with Gasteiger partial charge in [-0.15, -0.1) is 0 Å². The number of carbonyl (C=O) groups is 3. The average Bonchev–Trinajstić information content (AvgIpc) is 3.55. The van der Waals surface area contributed by atoms with Gasteiger partial charge in [-0.3, -0.25) is 19.4 Å². The molecule has 0 saturated heterocycles. The Hall–Kier alpha value is -4.10. The minimum absolute atomic E-state index is 0.0914. The minimum Gasteiger partial charge on any atom is -0.478 e. The number of aliphatic imine (C=N–C) groups is 1. The van der Waals surface area contributed by atoms with E-state index < -0.39 is 35.7 Å². The lowest BCUT2D eigenvalue weighted by atomic mass is 9.81. The average molecular weight is 643 g/mol. The molecular weight excluding hydrogens is 592 g/mol. The molecule has 0 bridgehead atoms. The van der Waals surface area contributed by atoms with Crippen molar-refractivity contribution >= 4 is 24.1 Å². The van der Waals surface area contributed by atoms with E-state index in [9.17, 15) is 29.7 Å². The lowest BCUT2D eigenvalue weighted by Crippen LogP contribution is -2.61. The highest BCUT2D eigenvalue weighted by atomic mass is 16.5. The summed E-state index contributed by atoms with van der Waals surface area (Å²) in [6.07, 6.45) is 23.0. The molecule has 0 aromatic rings. The van der Waals surface area contributed by atoms with Crippen LogP contribution in [-0.4, -0.2) is 109 Å². The van der Waals surface area contributed by atoms with Crippen molar-refractivity contribution in [3.05, 3.63) is 84.6 Å². The summed E-state index contributed by atoms with van der Waals surface area (Å²) < 4.78 is 10.4. The first-order valence-corrected chi connectivity index (χ1v) is 15.0. The smallest absolute Gasteiger partial charge is 0.278 e. The molecule has 1 aliphatic heterocycles. The van der Waals surface area contributed by atoms with Gasteiger partial charge in [-0.2, -0.15) is 0 Å².